The summed E-state index contributed by atoms with van der Waals surface area (Å²) in [6.45, 7) is 4.28. The van der Waals surface area contributed by atoms with E-state index in [1.165, 1.54) is 20.8 Å². The number of allylic oxidation sites excluding steroid dienone is 3. The number of halogens is 3. The number of hydrogen-bond donors (Lipinski definition) is 0. The highest BCUT2D eigenvalue weighted by Crippen LogP contribution is 2.33. The Kier molecular flexibility index (Phi) is 3.37. The van der Waals surface area contributed by atoms with Crippen molar-refractivity contribution >= 4 is 15.9 Å². The van der Waals surface area contributed by atoms with Crippen LogP contribution in [0.3, 0.4) is 0 Å². The molecule has 0 bridgehead atoms. The van der Waals surface area contributed by atoms with E-state index in [0.717, 1.165) is 12.2 Å². The molecule has 0 saturated heterocycles. The third kappa shape index (κ3) is 2.74. The van der Waals surface area contributed by atoms with Crippen molar-refractivity contribution in [2.24, 2.45) is 5.41 Å². The molecule has 0 aromatic carbocycles. The normalized spacial score (nSPS) is 20.2. The summed E-state index contributed by atoms with van der Waals surface area (Å²) in [5.41, 5.74) is -6.47. The Balaban J connectivity index is 3.12. The lowest BCUT2D eigenvalue weighted by molar-refractivity contribution is -0.121. The van der Waals surface area contributed by atoms with Gasteiger partial charge in [-0.25, -0.2) is 0 Å². The molecule has 0 fully saturated rings. The van der Waals surface area contributed by atoms with Crippen molar-refractivity contribution in [1.82, 2.24) is 0 Å². The van der Waals surface area contributed by atoms with Crippen LogP contribution in [0.25, 0.3) is 0 Å². The minimum Gasteiger partial charge on any atom is -0.376 e. The van der Waals surface area contributed by atoms with Crippen molar-refractivity contribution in [3.8, 4) is 0 Å². The van der Waals surface area contributed by atoms with Gasteiger partial charge in [-0.15, -0.1) is 0 Å². The molecule has 1 aliphatic rings. The Bertz CT molecular complexity index is 538. The molecule has 8 heteroatoms. The van der Waals surface area contributed by atoms with Gasteiger partial charge in [0.15, 0.2) is 5.78 Å². The average molecular weight is 284 g/mol. The smallest absolute Gasteiger partial charge is 0.376 e. The minimum absolute atomic E-state index is 0.134. The summed E-state index contributed by atoms with van der Waals surface area (Å²) >= 11 is 0. The van der Waals surface area contributed by atoms with Gasteiger partial charge in [0.25, 0.3) is 0 Å². The number of Topliss-reactive ketones (excluding diaryl/α,β-unsaturated/α-hetero) is 1. The SMILES string of the molecule is CC1=CC(OS(=O)(=O)C(F)(F)F)=CC(C)(C)C1=O. The van der Waals surface area contributed by atoms with Gasteiger partial charge in [0, 0.05) is 5.41 Å². The number of rotatable bonds is 2. The highest BCUT2D eigenvalue weighted by molar-refractivity contribution is 7.87. The first-order valence-electron chi connectivity index (χ1n) is 4.83. The van der Waals surface area contributed by atoms with Crippen LogP contribution < -0.4 is 0 Å². The minimum atomic E-state index is -5.71. The van der Waals surface area contributed by atoms with Crippen LogP contribution in [0, 0.1) is 5.41 Å². The molecule has 18 heavy (non-hydrogen) atoms. The second-order valence-electron chi connectivity index (χ2n) is 4.41. The van der Waals surface area contributed by atoms with Crippen LogP contribution in [0.5, 0.6) is 0 Å². The first kappa shape index (κ1) is 14.7. The number of carbonyl (C=O) groups excluding carboxylic acids is 1. The second kappa shape index (κ2) is 4.11. The van der Waals surface area contributed by atoms with Gasteiger partial charge >= 0.3 is 15.6 Å². The Hall–Kier alpha value is -1.31. The molecular weight excluding hydrogens is 273 g/mol. The fourth-order valence-corrected chi connectivity index (χ4v) is 1.92. The molecule has 0 spiro atoms. The number of ketones is 1. The van der Waals surface area contributed by atoms with Crippen molar-refractivity contribution in [1.29, 1.82) is 0 Å². The zero-order valence-corrected chi connectivity index (χ0v) is 10.6. The van der Waals surface area contributed by atoms with E-state index in [4.69, 9.17) is 0 Å². The fourth-order valence-electron chi connectivity index (χ4n) is 1.47. The van der Waals surface area contributed by atoms with Crippen molar-refractivity contribution in [3.05, 3.63) is 23.5 Å². The predicted octanol–water partition coefficient (Wildman–Crippen LogP) is 2.29. The van der Waals surface area contributed by atoms with E-state index >= 15 is 0 Å². The van der Waals surface area contributed by atoms with Crippen molar-refractivity contribution in [3.63, 3.8) is 0 Å². The lowest BCUT2D eigenvalue weighted by Gasteiger charge is -2.24. The molecule has 0 radical (unpaired) electrons. The maximum atomic E-state index is 12.1. The summed E-state index contributed by atoms with van der Waals surface area (Å²) in [6, 6.07) is 0. The largest absolute Gasteiger partial charge is 0.534 e. The molecule has 0 atom stereocenters. The van der Waals surface area contributed by atoms with E-state index in [-0.39, 0.29) is 11.4 Å². The first-order chi connectivity index (χ1) is 7.87. The molecule has 102 valence electrons. The van der Waals surface area contributed by atoms with Crippen LogP contribution in [0.2, 0.25) is 0 Å². The van der Waals surface area contributed by atoms with Crippen LogP contribution >= 0.6 is 0 Å². The standard InChI is InChI=1S/C10H11F3O4S/c1-6-4-7(5-9(2,3)8(6)14)17-18(15,16)10(11,12)13/h4-5H,1-3H3. The van der Waals surface area contributed by atoms with Crippen LogP contribution in [-0.4, -0.2) is 19.7 Å². The third-order valence-electron chi connectivity index (χ3n) is 2.29. The van der Waals surface area contributed by atoms with Gasteiger partial charge in [-0.05, 0) is 38.5 Å². The van der Waals surface area contributed by atoms with Crippen LogP contribution in [0.1, 0.15) is 20.8 Å². The monoisotopic (exact) mass is 284 g/mol. The van der Waals surface area contributed by atoms with E-state index in [9.17, 15) is 26.4 Å². The van der Waals surface area contributed by atoms with E-state index < -0.39 is 26.8 Å². The van der Waals surface area contributed by atoms with Crippen molar-refractivity contribution < 1.29 is 30.6 Å². The lowest BCUT2D eigenvalue weighted by atomic mass is 9.81. The summed E-state index contributed by atoms with van der Waals surface area (Å²) in [4.78, 5) is 11.6. The zero-order valence-electron chi connectivity index (χ0n) is 9.83. The molecule has 0 aromatic heterocycles. The van der Waals surface area contributed by atoms with E-state index in [1.54, 1.807) is 0 Å². The maximum Gasteiger partial charge on any atom is 0.534 e. The molecule has 0 unspecified atom stereocenters. The van der Waals surface area contributed by atoms with Gasteiger partial charge in [0.1, 0.15) is 5.76 Å². The Morgan fingerprint density at radius 1 is 1.28 bits per heavy atom. The number of carbonyl (C=O) groups is 1. The molecule has 1 aliphatic carbocycles. The fraction of sp³-hybridized carbons (Fsp3) is 0.500. The summed E-state index contributed by atoms with van der Waals surface area (Å²) < 4.78 is 62.0. The molecule has 0 saturated carbocycles. The number of alkyl halides is 3. The Morgan fingerprint density at radius 2 is 1.78 bits per heavy atom. The molecule has 4 nitrogen and oxygen atoms in total. The van der Waals surface area contributed by atoms with Gasteiger partial charge < -0.3 is 4.18 Å². The van der Waals surface area contributed by atoms with E-state index in [1.807, 2.05) is 0 Å². The molecule has 1 rings (SSSR count). The number of hydrogen-bond acceptors (Lipinski definition) is 4. The summed E-state index contributed by atoms with van der Waals surface area (Å²) in [5, 5.41) is 0. The summed E-state index contributed by atoms with van der Waals surface area (Å²) in [6.07, 6.45) is 2.02. The van der Waals surface area contributed by atoms with Gasteiger partial charge in [-0.3, -0.25) is 4.79 Å². The molecular formula is C10H11F3O4S. The maximum absolute atomic E-state index is 12.1. The summed E-state index contributed by atoms with van der Waals surface area (Å²) in [5.74, 6) is -0.811. The van der Waals surface area contributed by atoms with Crippen LogP contribution in [0.15, 0.2) is 23.5 Å². The van der Waals surface area contributed by atoms with Gasteiger partial charge in [0.05, 0.1) is 0 Å². The molecule has 0 amide bonds. The first-order valence-corrected chi connectivity index (χ1v) is 6.24. The Morgan fingerprint density at radius 3 is 2.17 bits per heavy atom. The van der Waals surface area contributed by atoms with Gasteiger partial charge in [0.2, 0.25) is 0 Å². The van der Waals surface area contributed by atoms with Gasteiger partial charge in [-0.1, -0.05) is 0 Å². The van der Waals surface area contributed by atoms with Crippen molar-refractivity contribution in [2.45, 2.75) is 26.3 Å². The quantitative estimate of drug-likeness (QED) is 0.576. The average Bonchev–Trinajstić information content (AvgIpc) is 2.10. The van der Waals surface area contributed by atoms with Crippen LogP contribution in [-0.2, 0) is 19.1 Å². The van der Waals surface area contributed by atoms with E-state index in [2.05, 4.69) is 4.18 Å². The second-order valence-corrected chi connectivity index (χ2v) is 5.95. The summed E-state index contributed by atoms with van der Waals surface area (Å²) in [7, 11) is -5.71. The molecule has 0 N–H and O–H groups in total. The molecule has 0 aliphatic heterocycles. The van der Waals surface area contributed by atoms with E-state index in [0.29, 0.717) is 0 Å². The highest BCUT2D eigenvalue weighted by atomic mass is 32.2. The van der Waals surface area contributed by atoms with Crippen molar-refractivity contribution in [2.75, 3.05) is 0 Å². The topological polar surface area (TPSA) is 60.4 Å². The highest BCUT2D eigenvalue weighted by Gasteiger charge is 2.49. The van der Waals surface area contributed by atoms with Crippen LogP contribution in [0.4, 0.5) is 13.2 Å². The zero-order chi connectivity index (χ0) is 14.4. The molecule has 0 aromatic rings. The third-order valence-corrected chi connectivity index (χ3v) is 3.27. The predicted molar refractivity (Wildman–Crippen MR) is 56.7 cm³/mol. The lowest BCUT2D eigenvalue weighted by Crippen LogP contribution is -2.29. The van der Waals surface area contributed by atoms with Gasteiger partial charge in [-0.2, -0.15) is 21.6 Å². The molecule has 0 heterocycles. The Labute approximate surface area is 102 Å².